The summed E-state index contributed by atoms with van der Waals surface area (Å²) >= 11 is 0. The first-order valence-electron chi connectivity index (χ1n) is 17.5. The molecule has 10 heteroatoms. The molecule has 0 unspecified atom stereocenters. The third kappa shape index (κ3) is 7.02. The van der Waals surface area contributed by atoms with Crippen LogP contribution in [0.2, 0.25) is 0 Å². The number of imidazole rings is 1. The van der Waals surface area contributed by atoms with Gasteiger partial charge in [0.25, 0.3) is 0 Å². The van der Waals surface area contributed by atoms with Gasteiger partial charge in [0.1, 0.15) is 36.2 Å². The average molecular weight is 660 g/mol. The van der Waals surface area contributed by atoms with Crippen LogP contribution >= 0.6 is 0 Å². The topological polar surface area (TPSA) is 95.2 Å². The molecule has 5 heterocycles. The fraction of sp³-hybridized carbons (Fsp3) is 0.359. The van der Waals surface area contributed by atoms with Gasteiger partial charge in [-0.05, 0) is 99.3 Å². The van der Waals surface area contributed by atoms with Gasteiger partial charge in [-0.2, -0.15) is 5.10 Å². The number of nitrogens with zero attached hydrogens (tertiary/aromatic N) is 5. The fourth-order valence-electron chi connectivity index (χ4n) is 7.23. The van der Waals surface area contributed by atoms with Crippen LogP contribution in [0.3, 0.4) is 0 Å². The van der Waals surface area contributed by atoms with Crippen molar-refractivity contribution in [2.45, 2.75) is 32.6 Å². The lowest BCUT2D eigenvalue weighted by Crippen LogP contribution is -2.25. The predicted molar refractivity (Wildman–Crippen MR) is 191 cm³/mol. The Labute approximate surface area is 285 Å². The van der Waals surface area contributed by atoms with E-state index in [9.17, 15) is 4.39 Å². The van der Waals surface area contributed by atoms with Gasteiger partial charge >= 0.3 is 0 Å². The first-order valence-corrected chi connectivity index (χ1v) is 17.5. The molecule has 3 aliphatic rings. The van der Waals surface area contributed by atoms with E-state index in [1.54, 1.807) is 6.20 Å². The molecular weight excluding hydrogens is 617 g/mol. The molecule has 2 aliphatic heterocycles. The number of aromatic amines is 2. The summed E-state index contributed by atoms with van der Waals surface area (Å²) in [6, 6.07) is 12.9. The SMILES string of the molecule is C[C@H]1C=C(c2cncc(OCCN3CCCC3)c2)C=c2c(-c3nc4c(-c5cc(F)cc(OCCN6CCCC6)c5)cccc4[nH]3)n[nH]c2=C1. The van der Waals surface area contributed by atoms with Crippen molar-refractivity contribution >= 4 is 28.8 Å². The highest BCUT2D eigenvalue weighted by atomic mass is 19.1. The van der Waals surface area contributed by atoms with E-state index in [4.69, 9.17) is 19.6 Å². The number of nitrogens with one attached hydrogen (secondary N) is 2. The molecule has 2 aromatic carbocycles. The lowest BCUT2D eigenvalue weighted by atomic mass is 10.0. The van der Waals surface area contributed by atoms with Gasteiger partial charge in [0, 0.05) is 41.7 Å². The molecule has 8 rings (SSSR count). The Morgan fingerprint density at radius 2 is 1.59 bits per heavy atom. The first kappa shape index (κ1) is 31.5. The van der Waals surface area contributed by atoms with Crippen LogP contribution in [-0.4, -0.2) is 87.4 Å². The number of rotatable bonds is 11. The molecule has 0 radical (unpaired) electrons. The Balaban J connectivity index is 1.08. The number of H-pyrrole nitrogens is 2. The standard InChI is InChI=1S/C39H42FN7O2/c1-26-17-27(29-21-32(25-41-24-29)49-16-14-47-11-4-5-12-47)22-34-36(18-26)44-45-38(34)39-42-35-8-6-7-33(37(35)43-39)28-19-30(40)23-31(20-28)48-15-13-46-9-2-3-10-46/h6-8,17-26,44H,2-5,9-16H2,1H3,(H,42,43)/t26-/m0/s1. The van der Waals surface area contributed by atoms with Crippen LogP contribution in [0.5, 0.6) is 11.5 Å². The van der Waals surface area contributed by atoms with Crippen molar-refractivity contribution in [1.29, 1.82) is 0 Å². The molecular formula is C39H42FN7O2. The summed E-state index contributed by atoms with van der Waals surface area (Å²) in [4.78, 5) is 17.9. The van der Waals surface area contributed by atoms with Crippen molar-refractivity contribution in [3.63, 3.8) is 0 Å². The number of para-hydroxylation sites is 1. The number of halogens is 1. The summed E-state index contributed by atoms with van der Waals surface area (Å²) in [7, 11) is 0. The number of aromatic nitrogens is 5. The minimum atomic E-state index is -0.340. The number of hydrogen-bond donors (Lipinski definition) is 2. The van der Waals surface area contributed by atoms with Gasteiger partial charge in [0.15, 0.2) is 5.82 Å². The molecule has 0 bridgehead atoms. The maximum atomic E-state index is 14.9. The van der Waals surface area contributed by atoms with Crippen LogP contribution in [0.4, 0.5) is 4.39 Å². The molecule has 2 fully saturated rings. The summed E-state index contributed by atoms with van der Waals surface area (Å²) in [5.74, 6) is 1.74. The molecule has 0 saturated carbocycles. The minimum absolute atomic E-state index is 0.155. The summed E-state index contributed by atoms with van der Waals surface area (Å²) < 4.78 is 27.0. The van der Waals surface area contributed by atoms with Crippen molar-refractivity contribution in [3.8, 4) is 34.1 Å². The van der Waals surface area contributed by atoms with Crippen LogP contribution in [0.25, 0.3) is 51.4 Å². The van der Waals surface area contributed by atoms with Crippen molar-refractivity contribution < 1.29 is 13.9 Å². The summed E-state index contributed by atoms with van der Waals surface area (Å²) in [6.45, 7) is 9.61. The van der Waals surface area contributed by atoms with E-state index in [-0.39, 0.29) is 11.7 Å². The number of fused-ring (bicyclic) bond motifs is 2. The van der Waals surface area contributed by atoms with Gasteiger partial charge in [0.05, 0.1) is 22.6 Å². The van der Waals surface area contributed by atoms with E-state index in [1.807, 2.05) is 30.5 Å². The second kappa shape index (κ2) is 14.0. The Hall–Kier alpha value is -4.80. The minimum Gasteiger partial charge on any atom is -0.492 e. The van der Waals surface area contributed by atoms with E-state index in [0.29, 0.717) is 30.5 Å². The lowest BCUT2D eigenvalue weighted by molar-refractivity contribution is 0.237. The van der Waals surface area contributed by atoms with Crippen molar-refractivity contribution in [1.82, 2.24) is 34.9 Å². The Morgan fingerprint density at radius 1 is 0.857 bits per heavy atom. The van der Waals surface area contributed by atoms with E-state index in [0.717, 1.165) is 88.9 Å². The molecule has 5 aromatic rings. The van der Waals surface area contributed by atoms with Gasteiger partial charge in [0.2, 0.25) is 0 Å². The summed E-state index contributed by atoms with van der Waals surface area (Å²) in [5, 5.41) is 9.83. The summed E-state index contributed by atoms with van der Waals surface area (Å²) in [6.07, 6.45) is 15.2. The molecule has 1 aliphatic carbocycles. The van der Waals surface area contributed by atoms with Crippen LogP contribution in [0, 0.1) is 11.7 Å². The van der Waals surface area contributed by atoms with Gasteiger partial charge in [-0.25, -0.2) is 9.37 Å². The fourth-order valence-corrected chi connectivity index (χ4v) is 7.23. The monoisotopic (exact) mass is 659 g/mol. The molecule has 2 saturated heterocycles. The van der Waals surface area contributed by atoms with Gasteiger partial charge in [-0.3, -0.25) is 19.9 Å². The van der Waals surface area contributed by atoms with Crippen LogP contribution in [0.15, 0.2) is 60.9 Å². The van der Waals surface area contributed by atoms with Gasteiger partial charge < -0.3 is 14.5 Å². The quantitative estimate of drug-likeness (QED) is 0.196. The Bertz CT molecular complexity index is 2110. The molecule has 0 amide bonds. The van der Waals surface area contributed by atoms with Crippen LogP contribution in [0.1, 0.15) is 38.2 Å². The highest BCUT2D eigenvalue weighted by Gasteiger charge is 2.18. The van der Waals surface area contributed by atoms with Crippen molar-refractivity contribution in [2.24, 2.45) is 5.92 Å². The zero-order chi connectivity index (χ0) is 33.2. The molecule has 252 valence electrons. The smallest absolute Gasteiger partial charge is 0.159 e. The molecule has 0 spiro atoms. The molecule has 49 heavy (non-hydrogen) atoms. The van der Waals surface area contributed by atoms with Crippen molar-refractivity contribution in [3.05, 3.63) is 82.9 Å². The maximum Gasteiger partial charge on any atom is 0.159 e. The van der Waals surface area contributed by atoms with E-state index in [1.165, 1.54) is 37.8 Å². The number of pyridine rings is 1. The highest BCUT2D eigenvalue weighted by Crippen LogP contribution is 2.32. The van der Waals surface area contributed by atoms with Crippen LogP contribution in [-0.2, 0) is 0 Å². The predicted octanol–water partition coefficient (Wildman–Crippen LogP) is 5.40. The molecule has 9 nitrogen and oxygen atoms in total. The second-order valence-corrected chi connectivity index (χ2v) is 13.4. The number of likely N-dealkylation sites (tertiary alicyclic amines) is 2. The highest BCUT2D eigenvalue weighted by molar-refractivity contribution is 5.94. The first-order chi connectivity index (χ1) is 24.1. The normalized spacial score (nSPS) is 18.2. The Kier molecular flexibility index (Phi) is 8.97. The van der Waals surface area contributed by atoms with Gasteiger partial charge in [-0.15, -0.1) is 0 Å². The lowest BCUT2D eigenvalue weighted by Gasteiger charge is -2.15. The largest absolute Gasteiger partial charge is 0.492 e. The summed E-state index contributed by atoms with van der Waals surface area (Å²) in [5.41, 5.74) is 5.86. The average Bonchev–Trinajstić information content (AvgIpc) is 3.92. The number of ether oxygens (including phenoxy) is 2. The van der Waals surface area contributed by atoms with E-state index in [2.05, 4.69) is 56.1 Å². The number of allylic oxidation sites excluding steroid dienone is 2. The van der Waals surface area contributed by atoms with Gasteiger partial charge in [-0.1, -0.05) is 31.2 Å². The van der Waals surface area contributed by atoms with Crippen molar-refractivity contribution in [2.75, 3.05) is 52.5 Å². The second-order valence-electron chi connectivity index (χ2n) is 13.4. The number of benzene rings is 2. The molecule has 2 N–H and O–H groups in total. The maximum absolute atomic E-state index is 14.9. The Morgan fingerprint density at radius 3 is 2.37 bits per heavy atom. The van der Waals surface area contributed by atoms with E-state index >= 15 is 0 Å². The zero-order valence-electron chi connectivity index (χ0n) is 27.9. The van der Waals surface area contributed by atoms with E-state index < -0.39 is 0 Å². The molecule has 3 aromatic heterocycles. The third-order valence-electron chi connectivity index (χ3n) is 9.72. The zero-order valence-corrected chi connectivity index (χ0v) is 27.9. The number of hydrogen-bond acceptors (Lipinski definition) is 7. The third-order valence-corrected chi connectivity index (χ3v) is 9.72. The molecule has 1 atom stereocenters. The van der Waals surface area contributed by atoms with Crippen LogP contribution < -0.4 is 20.0 Å².